The molecule has 0 fully saturated rings. The molecular weight excluding hydrogens is 386 g/mol. The van der Waals surface area contributed by atoms with E-state index in [4.69, 9.17) is 18.9 Å². The van der Waals surface area contributed by atoms with E-state index in [2.05, 4.69) is 39.4 Å². The molecule has 0 bridgehead atoms. The smallest absolute Gasteiger partial charge is 0.231 e. The molecule has 0 saturated carbocycles. The fourth-order valence-electron chi connectivity index (χ4n) is 3.49. The highest BCUT2D eigenvalue weighted by Crippen LogP contribution is 2.40. The molecule has 0 saturated heterocycles. The summed E-state index contributed by atoms with van der Waals surface area (Å²) in [5.41, 5.74) is 3.75. The number of hydrogen-bond acceptors (Lipinski definition) is 5. The van der Waals surface area contributed by atoms with Crippen LogP contribution in [0.2, 0.25) is 0 Å². The Hall–Kier alpha value is -1.92. The van der Waals surface area contributed by atoms with Crippen molar-refractivity contribution in [1.82, 2.24) is 5.32 Å². The van der Waals surface area contributed by atoms with Gasteiger partial charge in [-0.15, -0.1) is 0 Å². The maximum Gasteiger partial charge on any atom is 0.231 e. The summed E-state index contributed by atoms with van der Waals surface area (Å²) in [6.45, 7) is 1.22. The number of nitrogens with one attached hydrogen (secondary N) is 1. The van der Waals surface area contributed by atoms with Crippen LogP contribution in [0.1, 0.15) is 22.7 Å². The van der Waals surface area contributed by atoms with Crippen molar-refractivity contribution in [3.8, 4) is 23.0 Å². The van der Waals surface area contributed by atoms with Crippen molar-refractivity contribution in [2.75, 3.05) is 27.6 Å². The van der Waals surface area contributed by atoms with Crippen molar-refractivity contribution >= 4 is 15.9 Å². The second-order valence-electron chi connectivity index (χ2n) is 6.16. The van der Waals surface area contributed by atoms with Crippen LogP contribution in [0.4, 0.5) is 0 Å². The Kier molecular flexibility index (Phi) is 4.48. The van der Waals surface area contributed by atoms with Gasteiger partial charge in [0.05, 0.1) is 14.2 Å². The molecule has 6 heteroatoms. The monoisotopic (exact) mass is 405 g/mol. The predicted octanol–water partition coefficient (Wildman–Crippen LogP) is 3.62. The standard InChI is InChI=1S/C19H20BrNO4/c1-22-16-6-11-3-4-21-15(13(11)8-17(16)23-2)5-12-7-18-19(9-14(12)20)25-10-24-18/h6-9,15,21H,3-5,10H2,1-2H3. The van der Waals surface area contributed by atoms with E-state index in [0.29, 0.717) is 0 Å². The lowest BCUT2D eigenvalue weighted by Gasteiger charge is -2.28. The number of methoxy groups -OCH3 is 2. The molecule has 1 N–H and O–H groups in total. The summed E-state index contributed by atoms with van der Waals surface area (Å²) < 4.78 is 22.9. The van der Waals surface area contributed by atoms with E-state index in [1.54, 1.807) is 14.2 Å². The van der Waals surface area contributed by atoms with Crippen LogP contribution < -0.4 is 24.3 Å². The molecule has 0 spiro atoms. The van der Waals surface area contributed by atoms with Crippen molar-refractivity contribution in [1.29, 1.82) is 0 Å². The van der Waals surface area contributed by atoms with Crippen LogP contribution in [-0.4, -0.2) is 27.6 Å². The van der Waals surface area contributed by atoms with Crippen LogP contribution in [0.25, 0.3) is 0 Å². The number of fused-ring (bicyclic) bond motifs is 2. The lowest BCUT2D eigenvalue weighted by atomic mass is 9.89. The Morgan fingerprint density at radius 3 is 2.56 bits per heavy atom. The third kappa shape index (κ3) is 3.04. The zero-order valence-electron chi connectivity index (χ0n) is 14.2. The summed E-state index contributed by atoms with van der Waals surface area (Å²) in [5, 5.41) is 3.62. The molecule has 2 aromatic carbocycles. The Morgan fingerprint density at radius 2 is 1.80 bits per heavy atom. The highest BCUT2D eigenvalue weighted by Gasteiger charge is 2.25. The van der Waals surface area contributed by atoms with Crippen LogP contribution >= 0.6 is 15.9 Å². The summed E-state index contributed by atoms with van der Waals surface area (Å²) in [7, 11) is 3.34. The molecule has 2 aliphatic heterocycles. The van der Waals surface area contributed by atoms with Gasteiger partial charge in [0.1, 0.15) is 0 Å². The lowest BCUT2D eigenvalue weighted by Crippen LogP contribution is -2.31. The lowest BCUT2D eigenvalue weighted by molar-refractivity contribution is 0.174. The Balaban J connectivity index is 1.67. The normalized spacial score (nSPS) is 18.0. The number of rotatable bonds is 4. The SMILES string of the molecule is COc1cc2c(cc1OC)C(Cc1cc3c(cc1Br)OCO3)NCC2. The van der Waals surface area contributed by atoms with Crippen LogP contribution in [0.3, 0.4) is 0 Å². The summed E-state index contributed by atoms with van der Waals surface area (Å²) in [6.07, 6.45) is 1.83. The fraction of sp³-hybridized carbons (Fsp3) is 0.368. The molecule has 1 atom stereocenters. The topological polar surface area (TPSA) is 49.0 Å². The van der Waals surface area contributed by atoms with Gasteiger partial charge < -0.3 is 24.3 Å². The first-order valence-corrected chi connectivity index (χ1v) is 9.05. The maximum absolute atomic E-state index is 5.52. The van der Waals surface area contributed by atoms with E-state index in [1.807, 2.05) is 6.07 Å². The Bertz CT molecular complexity index is 808. The van der Waals surface area contributed by atoms with Crippen molar-refractivity contribution in [3.05, 3.63) is 45.4 Å². The van der Waals surface area contributed by atoms with Crippen molar-refractivity contribution in [2.24, 2.45) is 0 Å². The largest absolute Gasteiger partial charge is 0.493 e. The molecule has 1 unspecified atom stereocenters. The zero-order chi connectivity index (χ0) is 17.4. The summed E-state index contributed by atoms with van der Waals surface area (Å²) in [6, 6.07) is 8.43. The molecule has 2 heterocycles. The molecule has 0 aromatic heterocycles. The maximum atomic E-state index is 5.52. The minimum absolute atomic E-state index is 0.209. The zero-order valence-corrected chi connectivity index (χ0v) is 15.8. The van der Waals surface area contributed by atoms with E-state index >= 15 is 0 Å². The van der Waals surface area contributed by atoms with E-state index in [-0.39, 0.29) is 12.8 Å². The minimum atomic E-state index is 0.209. The molecule has 0 aliphatic carbocycles. The van der Waals surface area contributed by atoms with Gasteiger partial charge >= 0.3 is 0 Å². The second-order valence-corrected chi connectivity index (χ2v) is 7.02. The van der Waals surface area contributed by atoms with E-state index in [0.717, 1.165) is 46.9 Å². The average molecular weight is 406 g/mol. The minimum Gasteiger partial charge on any atom is -0.493 e. The van der Waals surface area contributed by atoms with Crippen LogP contribution in [-0.2, 0) is 12.8 Å². The molecule has 0 radical (unpaired) electrons. The van der Waals surface area contributed by atoms with Crippen LogP contribution in [0.15, 0.2) is 28.7 Å². The summed E-state index contributed by atoms with van der Waals surface area (Å²) in [5.74, 6) is 3.14. The molecule has 25 heavy (non-hydrogen) atoms. The molecule has 2 aliphatic rings. The van der Waals surface area contributed by atoms with Crippen LogP contribution in [0.5, 0.6) is 23.0 Å². The van der Waals surface area contributed by atoms with E-state index in [1.165, 1.54) is 16.7 Å². The quantitative estimate of drug-likeness (QED) is 0.841. The number of ether oxygens (including phenoxy) is 4. The first-order valence-electron chi connectivity index (χ1n) is 8.25. The first kappa shape index (κ1) is 16.5. The van der Waals surface area contributed by atoms with Gasteiger partial charge in [-0.2, -0.15) is 0 Å². The van der Waals surface area contributed by atoms with Gasteiger partial charge in [-0.25, -0.2) is 0 Å². The molecule has 0 amide bonds. The third-order valence-corrected chi connectivity index (χ3v) is 5.51. The number of halogens is 1. The molecule has 2 aromatic rings. The Morgan fingerprint density at radius 1 is 1.08 bits per heavy atom. The average Bonchev–Trinajstić information content (AvgIpc) is 3.08. The summed E-state index contributed by atoms with van der Waals surface area (Å²) in [4.78, 5) is 0. The van der Waals surface area contributed by atoms with Gasteiger partial charge in [-0.05, 0) is 60.3 Å². The first-order chi connectivity index (χ1) is 12.2. The Labute approximate surface area is 155 Å². The highest BCUT2D eigenvalue weighted by molar-refractivity contribution is 9.10. The van der Waals surface area contributed by atoms with Crippen molar-refractivity contribution in [3.63, 3.8) is 0 Å². The van der Waals surface area contributed by atoms with E-state index in [9.17, 15) is 0 Å². The number of hydrogen-bond donors (Lipinski definition) is 1. The fourth-order valence-corrected chi connectivity index (χ4v) is 3.97. The van der Waals surface area contributed by atoms with Crippen molar-refractivity contribution < 1.29 is 18.9 Å². The van der Waals surface area contributed by atoms with Gasteiger partial charge in [-0.3, -0.25) is 0 Å². The van der Waals surface area contributed by atoms with Gasteiger partial charge in [-0.1, -0.05) is 15.9 Å². The van der Waals surface area contributed by atoms with Crippen LogP contribution in [0, 0.1) is 0 Å². The highest BCUT2D eigenvalue weighted by atomic mass is 79.9. The van der Waals surface area contributed by atoms with Gasteiger partial charge in [0, 0.05) is 10.5 Å². The molecule has 132 valence electrons. The molecule has 5 nitrogen and oxygen atoms in total. The third-order valence-electron chi connectivity index (χ3n) is 4.77. The van der Waals surface area contributed by atoms with Gasteiger partial charge in [0.2, 0.25) is 6.79 Å². The predicted molar refractivity (Wildman–Crippen MR) is 98.0 cm³/mol. The second kappa shape index (κ2) is 6.77. The van der Waals surface area contributed by atoms with E-state index < -0.39 is 0 Å². The van der Waals surface area contributed by atoms with Crippen molar-refractivity contribution in [2.45, 2.75) is 18.9 Å². The summed E-state index contributed by atoms with van der Waals surface area (Å²) >= 11 is 3.66. The number of benzene rings is 2. The van der Waals surface area contributed by atoms with Gasteiger partial charge in [0.25, 0.3) is 0 Å². The molecule has 4 rings (SSSR count). The molecular formula is C19H20BrNO4. The van der Waals surface area contributed by atoms with Gasteiger partial charge in [0.15, 0.2) is 23.0 Å².